The highest BCUT2D eigenvalue weighted by atomic mass is 16.2. The van der Waals surface area contributed by atoms with Gasteiger partial charge < -0.3 is 5.32 Å². The van der Waals surface area contributed by atoms with Crippen LogP contribution < -0.4 is 10.9 Å². The second kappa shape index (κ2) is 8.03. The molecule has 162 valence electrons. The van der Waals surface area contributed by atoms with Crippen molar-refractivity contribution in [1.29, 1.82) is 0 Å². The first-order chi connectivity index (χ1) is 15.5. The van der Waals surface area contributed by atoms with E-state index in [1.54, 1.807) is 22.8 Å². The van der Waals surface area contributed by atoms with Crippen LogP contribution in [0.25, 0.3) is 16.3 Å². The Kier molecular flexibility index (Phi) is 5.05. The number of benzene rings is 1. The number of nitrogens with one attached hydrogen (secondary N) is 2. The van der Waals surface area contributed by atoms with E-state index in [0.29, 0.717) is 22.0 Å². The van der Waals surface area contributed by atoms with Gasteiger partial charge in [-0.25, -0.2) is 9.61 Å². The van der Waals surface area contributed by atoms with E-state index < -0.39 is 0 Å². The molecular formula is C24H23N5O3. The highest BCUT2D eigenvalue weighted by Gasteiger charge is 2.27. The summed E-state index contributed by atoms with van der Waals surface area (Å²) in [6, 6.07) is 11.1. The Balaban J connectivity index is 1.28. The number of H-pyrrole nitrogens is 1. The lowest BCUT2D eigenvalue weighted by Crippen LogP contribution is -2.37. The van der Waals surface area contributed by atoms with Gasteiger partial charge in [0, 0.05) is 29.1 Å². The summed E-state index contributed by atoms with van der Waals surface area (Å²) in [7, 11) is 0. The molecule has 1 aromatic carbocycles. The van der Waals surface area contributed by atoms with Crippen LogP contribution in [0.3, 0.4) is 0 Å². The van der Waals surface area contributed by atoms with Gasteiger partial charge in [0.1, 0.15) is 0 Å². The van der Waals surface area contributed by atoms with E-state index in [1.807, 2.05) is 24.3 Å². The second-order valence-corrected chi connectivity index (χ2v) is 8.37. The fraction of sp³-hybridized carbons (Fsp3) is 0.292. The topological polar surface area (TPSA) is 109 Å². The standard InChI is InChI=1S/C24H23N5O3/c1-14(30)16-8-11-21-20(12-25-29(21)13-16)23(31)26-17-9-6-15(7-10-17)22-18-4-2-3-5-19(18)24(32)28-27-22/h2-5,8,11-13,15,17H,6-7,9-10H2,1H3,(H,26,31)(H,28,32). The van der Waals surface area contributed by atoms with Gasteiger partial charge in [0.2, 0.25) is 0 Å². The van der Waals surface area contributed by atoms with Crippen LogP contribution >= 0.6 is 0 Å². The highest BCUT2D eigenvalue weighted by Crippen LogP contribution is 2.34. The number of hydrogen-bond donors (Lipinski definition) is 2. The SMILES string of the molecule is CC(=O)c1ccc2c(C(=O)NC3CCC(c4n[nH]c(=O)c5ccccc45)CC3)cnn2c1. The smallest absolute Gasteiger partial charge is 0.272 e. The minimum Gasteiger partial charge on any atom is -0.349 e. The van der Waals surface area contributed by atoms with Crippen molar-refractivity contribution in [2.24, 2.45) is 0 Å². The number of rotatable bonds is 4. The molecule has 0 radical (unpaired) electrons. The van der Waals surface area contributed by atoms with Crippen molar-refractivity contribution in [3.63, 3.8) is 0 Å². The lowest BCUT2D eigenvalue weighted by Gasteiger charge is -2.29. The van der Waals surface area contributed by atoms with Crippen LogP contribution in [0.1, 0.15) is 64.9 Å². The van der Waals surface area contributed by atoms with Gasteiger partial charge in [-0.15, -0.1) is 0 Å². The third-order valence-corrected chi connectivity index (χ3v) is 6.34. The molecule has 0 spiro atoms. The molecule has 2 N–H and O–H groups in total. The third-order valence-electron chi connectivity index (χ3n) is 6.34. The van der Waals surface area contributed by atoms with Crippen LogP contribution in [0.2, 0.25) is 0 Å². The number of aromatic amines is 1. The zero-order valence-corrected chi connectivity index (χ0v) is 17.7. The van der Waals surface area contributed by atoms with Gasteiger partial charge in [-0.3, -0.25) is 14.4 Å². The summed E-state index contributed by atoms with van der Waals surface area (Å²) < 4.78 is 1.56. The minimum absolute atomic E-state index is 0.0464. The van der Waals surface area contributed by atoms with Crippen LogP contribution in [0.4, 0.5) is 0 Å². The maximum absolute atomic E-state index is 12.9. The van der Waals surface area contributed by atoms with Gasteiger partial charge in [0.15, 0.2) is 5.78 Å². The fourth-order valence-electron chi connectivity index (χ4n) is 4.59. The maximum atomic E-state index is 12.9. The molecule has 3 aromatic heterocycles. The average Bonchev–Trinajstić information content (AvgIpc) is 3.24. The molecule has 8 heteroatoms. The van der Waals surface area contributed by atoms with Crippen LogP contribution in [-0.2, 0) is 0 Å². The first kappa shape index (κ1) is 20.1. The molecule has 4 aromatic rings. The summed E-state index contributed by atoms with van der Waals surface area (Å²) in [5.41, 5.74) is 2.47. The molecule has 0 atom stereocenters. The van der Waals surface area contributed by atoms with Crippen molar-refractivity contribution in [2.45, 2.75) is 44.6 Å². The summed E-state index contributed by atoms with van der Waals surface area (Å²) in [4.78, 5) is 36.5. The predicted octanol–water partition coefficient (Wildman–Crippen LogP) is 3.23. The highest BCUT2D eigenvalue weighted by molar-refractivity contribution is 6.01. The van der Waals surface area contributed by atoms with E-state index in [2.05, 4.69) is 20.6 Å². The van der Waals surface area contributed by atoms with Gasteiger partial charge >= 0.3 is 0 Å². The van der Waals surface area contributed by atoms with Crippen LogP contribution in [0, 0.1) is 0 Å². The van der Waals surface area contributed by atoms with Crippen molar-refractivity contribution in [1.82, 2.24) is 25.1 Å². The number of aromatic nitrogens is 4. The number of pyridine rings is 1. The van der Waals surface area contributed by atoms with Crippen molar-refractivity contribution in [3.05, 3.63) is 76.0 Å². The average molecular weight is 429 g/mol. The molecule has 1 aliphatic rings. The quantitative estimate of drug-likeness (QED) is 0.484. The Morgan fingerprint density at radius 2 is 1.81 bits per heavy atom. The Bertz CT molecular complexity index is 1400. The first-order valence-electron chi connectivity index (χ1n) is 10.8. The largest absolute Gasteiger partial charge is 0.349 e. The van der Waals surface area contributed by atoms with Crippen LogP contribution in [0.5, 0.6) is 0 Å². The lowest BCUT2D eigenvalue weighted by atomic mass is 9.82. The van der Waals surface area contributed by atoms with Crippen molar-refractivity contribution >= 4 is 28.0 Å². The molecule has 5 rings (SSSR count). The third kappa shape index (κ3) is 3.57. The van der Waals surface area contributed by atoms with E-state index in [4.69, 9.17) is 0 Å². The summed E-state index contributed by atoms with van der Waals surface area (Å²) in [5, 5.41) is 15.9. The number of carbonyl (C=O) groups is 2. The van der Waals surface area contributed by atoms with Gasteiger partial charge in [-0.1, -0.05) is 18.2 Å². The van der Waals surface area contributed by atoms with Crippen LogP contribution in [-0.4, -0.2) is 37.5 Å². The number of carbonyl (C=O) groups excluding carboxylic acids is 2. The van der Waals surface area contributed by atoms with Crippen LogP contribution in [0.15, 0.2) is 53.6 Å². The zero-order valence-electron chi connectivity index (χ0n) is 17.7. The molecule has 0 unspecified atom stereocenters. The molecule has 3 heterocycles. The zero-order chi connectivity index (χ0) is 22.2. The molecule has 1 saturated carbocycles. The number of hydrogen-bond acceptors (Lipinski definition) is 5. The molecule has 1 fully saturated rings. The van der Waals surface area contributed by atoms with E-state index in [0.717, 1.165) is 36.8 Å². The monoisotopic (exact) mass is 429 g/mol. The molecular weight excluding hydrogens is 406 g/mol. The van der Waals surface area contributed by atoms with Gasteiger partial charge in [0.05, 0.1) is 28.4 Å². The molecule has 1 aliphatic carbocycles. The summed E-state index contributed by atoms with van der Waals surface area (Å²) >= 11 is 0. The molecule has 1 amide bonds. The van der Waals surface area contributed by atoms with Crippen molar-refractivity contribution < 1.29 is 9.59 Å². The van der Waals surface area contributed by atoms with Crippen molar-refractivity contribution in [2.75, 3.05) is 0 Å². The molecule has 0 aliphatic heterocycles. The fourth-order valence-corrected chi connectivity index (χ4v) is 4.59. The van der Waals surface area contributed by atoms with E-state index in [9.17, 15) is 14.4 Å². The molecule has 32 heavy (non-hydrogen) atoms. The minimum atomic E-state index is -0.172. The Morgan fingerprint density at radius 3 is 2.56 bits per heavy atom. The molecule has 0 saturated heterocycles. The normalized spacial score (nSPS) is 18.7. The van der Waals surface area contributed by atoms with Crippen molar-refractivity contribution in [3.8, 4) is 0 Å². The Morgan fingerprint density at radius 1 is 1.06 bits per heavy atom. The molecule has 8 nitrogen and oxygen atoms in total. The predicted molar refractivity (Wildman–Crippen MR) is 120 cm³/mol. The first-order valence-corrected chi connectivity index (χ1v) is 10.8. The summed E-state index contributed by atoms with van der Waals surface area (Å²) in [6.45, 7) is 1.50. The van der Waals surface area contributed by atoms with Gasteiger partial charge in [-0.05, 0) is 50.8 Å². The second-order valence-electron chi connectivity index (χ2n) is 8.37. The lowest BCUT2D eigenvalue weighted by molar-refractivity contribution is 0.0926. The number of Topliss-reactive ketones (excluding diaryl/α,β-unsaturated/α-hetero) is 1. The molecule has 0 bridgehead atoms. The van der Waals surface area contributed by atoms with E-state index in [-0.39, 0.29) is 29.2 Å². The maximum Gasteiger partial charge on any atom is 0.272 e. The Hall–Kier alpha value is -3.81. The number of fused-ring (bicyclic) bond motifs is 2. The number of nitrogens with zero attached hydrogens (tertiary/aromatic N) is 3. The Labute approximate surface area is 183 Å². The van der Waals surface area contributed by atoms with E-state index >= 15 is 0 Å². The number of ketones is 1. The summed E-state index contributed by atoms with van der Waals surface area (Å²) in [5.74, 6) is 0.0356. The summed E-state index contributed by atoms with van der Waals surface area (Å²) in [6.07, 6.45) is 6.60. The van der Waals surface area contributed by atoms with Gasteiger partial charge in [-0.2, -0.15) is 10.2 Å². The number of amides is 1. The van der Waals surface area contributed by atoms with Gasteiger partial charge in [0.25, 0.3) is 11.5 Å². The van der Waals surface area contributed by atoms with E-state index in [1.165, 1.54) is 13.1 Å².